The number of nitrogens with zero attached hydrogens (tertiary/aromatic N) is 3. The van der Waals surface area contributed by atoms with Crippen LogP contribution in [0.25, 0.3) is 0 Å². The Bertz CT molecular complexity index is 1360. The summed E-state index contributed by atoms with van der Waals surface area (Å²) < 4.78 is 38.0. The number of rotatable bonds is 14. The quantitative estimate of drug-likeness (QED) is 0.270. The van der Waals surface area contributed by atoms with Crippen LogP contribution in [0.3, 0.4) is 0 Å². The molecular weight excluding hydrogens is 562 g/mol. The summed E-state index contributed by atoms with van der Waals surface area (Å²) in [5.74, 6) is -0.625. The molecule has 0 aliphatic carbocycles. The fourth-order valence-electron chi connectivity index (χ4n) is 4.60. The SMILES string of the molecule is CC(C)C(NC[C@@H](O)C(Cc1ccccc1)N(NC(=O)CN(C)C)C(=O)CCC#N)S(=O)(=O)c1ccc2c(c1)OCO2. The lowest BCUT2D eigenvalue weighted by molar-refractivity contribution is -0.147. The van der Waals surface area contributed by atoms with Crippen LogP contribution in [0, 0.1) is 17.2 Å². The predicted molar refractivity (Wildman–Crippen MR) is 155 cm³/mol. The van der Waals surface area contributed by atoms with Crippen LogP contribution in [0.2, 0.25) is 0 Å². The normalized spacial score (nSPS) is 14.7. The van der Waals surface area contributed by atoms with Crippen LogP contribution in [0.1, 0.15) is 32.3 Å². The van der Waals surface area contributed by atoms with Crippen molar-refractivity contribution < 1.29 is 32.6 Å². The molecule has 3 atom stereocenters. The van der Waals surface area contributed by atoms with Gasteiger partial charge in [-0.25, -0.2) is 13.4 Å². The Kier molecular flexibility index (Phi) is 11.7. The molecule has 1 heterocycles. The molecule has 0 saturated heterocycles. The van der Waals surface area contributed by atoms with Crippen LogP contribution in [0.4, 0.5) is 0 Å². The van der Waals surface area contributed by atoms with Gasteiger partial charge in [0.05, 0.1) is 29.7 Å². The number of ether oxygens (including phenoxy) is 2. The number of nitrogens with one attached hydrogen (secondary N) is 2. The molecule has 42 heavy (non-hydrogen) atoms. The Labute approximate surface area is 247 Å². The van der Waals surface area contributed by atoms with Gasteiger partial charge in [-0.15, -0.1) is 0 Å². The molecule has 2 amide bonds. The molecule has 0 aromatic heterocycles. The molecule has 0 spiro atoms. The number of fused-ring (bicyclic) bond motifs is 1. The first-order chi connectivity index (χ1) is 19.9. The van der Waals surface area contributed by atoms with Gasteiger partial charge in [0.15, 0.2) is 21.3 Å². The fraction of sp³-hybridized carbons (Fsp3) is 0.483. The molecule has 2 aromatic carbocycles. The molecule has 3 N–H and O–H groups in total. The summed E-state index contributed by atoms with van der Waals surface area (Å²) in [5.41, 5.74) is 3.40. The predicted octanol–water partition coefficient (Wildman–Crippen LogP) is 1.46. The van der Waals surface area contributed by atoms with Crippen molar-refractivity contribution in [3.8, 4) is 17.6 Å². The van der Waals surface area contributed by atoms with Crippen molar-refractivity contribution in [1.29, 1.82) is 5.26 Å². The molecule has 2 unspecified atom stereocenters. The van der Waals surface area contributed by atoms with Gasteiger partial charge in [0.1, 0.15) is 5.37 Å². The van der Waals surface area contributed by atoms with Crippen molar-refractivity contribution in [2.45, 2.75) is 55.5 Å². The van der Waals surface area contributed by atoms with Gasteiger partial charge in [-0.05, 0) is 44.1 Å². The number of carbonyl (C=O) groups excluding carboxylic acids is 2. The van der Waals surface area contributed by atoms with E-state index in [0.29, 0.717) is 11.5 Å². The summed E-state index contributed by atoms with van der Waals surface area (Å²) in [7, 11) is -0.528. The van der Waals surface area contributed by atoms with Gasteiger partial charge in [0, 0.05) is 25.5 Å². The number of hydrazine groups is 1. The van der Waals surface area contributed by atoms with Crippen LogP contribution < -0.4 is 20.2 Å². The van der Waals surface area contributed by atoms with Gasteiger partial charge >= 0.3 is 0 Å². The van der Waals surface area contributed by atoms with E-state index in [1.807, 2.05) is 36.4 Å². The van der Waals surface area contributed by atoms with Crippen molar-refractivity contribution >= 4 is 21.7 Å². The topological polar surface area (TPSA) is 161 Å². The highest BCUT2D eigenvalue weighted by atomic mass is 32.2. The van der Waals surface area contributed by atoms with E-state index < -0.39 is 45.1 Å². The number of benzene rings is 2. The molecular formula is C29H39N5O7S. The van der Waals surface area contributed by atoms with Gasteiger partial charge in [-0.3, -0.25) is 20.3 Å². The Morgan fingerprint density at radius 3 is 2.43 bits per heavy atom. The highest BCUT2D eigenvalue weighted by Gasteiger charge is 2.35. The summed E-state index contributed by atoms with van der Waals surface area (Å²) >= 11 is 0. The lowest BCUT2D eigenvalue weighted by Crippen LogP contribution is -2.60. The average Bonchev–Trinajstić information content (AvgIpc) is 3.41. The van der Waals surface area contributed by atoms with E-state index >= 15 is 0 Å². The maximum Gasteiger partial charge on any atom is 0.252 e. The number of nitriles is 1. The largest absolute Gasteiger partial charge is 0.454 e. The van der Waals surface area contributed by atoms with Crippen LogP contribution in [-0.4, -0.2) is 86.7 Å². The summed E-state index contributed by atoms with van der Waals surface area (Å²) in [4.78, 5) is 27.6. The fourth-order valence-corrected chi connectivity index (χ4v) is 6.46. The molecule has 13 heteroatoms. The number of sulfone groups is 1. The van der Waals surface area contributed by atoms with E-state index in [2.05, 4.69) is 10.7 Å². The second-order valence-corrected chi connectivity index (χ2v) is 12.7. The highest BCUT2D eigenvalue weighted by molar-refractivity contribution is 7.92. The second kappa shape index (κ2) is 15.0. The first-order valence-electron chi connectivity index (χ1n) is 13.7. The Balaban J connectivity index is 1.89. The Morgan fingerprint density at radius 2 is 1.79 bits per heavy atom. The molecule has 0 radical (unpaired) electrons. The highest BCUT2D eigenvalue weighted by Crippen LogP contribution is 2.35. The van der Waals surface area contributed by atoms with Crippen LogP contribution in [0.15, 0.2) is 53.4 Å². The molecule has 1 aliphatic rings. The summed E-state index contributed by atoms with van der Waals surface area (Å²) in [6.45, 7) is 3.27. The Hall–Kier alpha value is -3.70. The maximum atomic E-state index is 13.7. The third-order valence-corrected chi connectivity index (χ3v) is 8.92. The van der Waals surface area contributed by atoms with E-state index in [9.17, 15) is 23.1 Å². The Morgan fingerprint density at radius 1 is 1.10 bits per heavy atom. The van der Waals surface area contributed by atoms with Gasteiger partial charge in [0.25, 0.3) is 5.91 Å². The van der Waals surface area contributed by atoms with E-state index in [0.717, 1.165) is 10.6 Å². The third kappa shape index (κ3) is 8.65. The molecule has 228 valence electrons. The summed E-state index contributed by atoms with van der Waals surface area (Å²) in [5, 5.41) is 23.5. The van der Waals surface area contributed by atoms with E-state index in [1.165, 1.54) is 12.1 Å². The van der Waals surface area contributed by atoms with Gasteiger partial charge in [-0.2, -0.15) is 5.26 Å². The molecule has 0 saturated carbocycles. The molecule has 0 fully saturated rings. The summed E-state index contributed by atoms with van der Waals surface area (Å²) in [6, 6.07) is 14.5. The zero-order valence-electron chi connectivity index (χ0n) is 24.3. The number of hydrogen-bond donors (Lipinski definition) is 3. The molecule has 1 aliphatic heterocycles. The standard InChI is InChI=1S/C29H39N5O7S/c1-20(2)29(42(38,39)22-12-13-25-26(16-22)41-19-40-25)31-17-24(35)23(15-21-9-6-5-7-10-21)34(28(37)11-8-14-30)32-27(36)18-33(3)4/h5-7,9-10,12-13,16,20,23-24,29,31,35H,8,11,15,17-19H2,1-4H3,(H,32,36)/t23?,24-,29?/m1/s1. The van der Waals surface area contributed by atoms with Gasteiger partial charge < -0.3 is 19.5 Å². The molecule has 0 bridgehead atoms. The minimum atomic E-state index is -3.93. The minimum absolute atomic E-state index is 0.00829. The van der Waals surface area contributed by atoms with Crippen molar-refractivity contribution in [2.24, 2.45) is 5.92 Å². The number of likely N-dealkylation sites (N-methyl/N-ethyl adjacent to an activating group) is 1. The third-order valence-electron chi connectivity index (χ3n) is 6.63. The lowest BCUT2D eigenvalue weighted by atomic mass is 9.99. The average molecular weight is 602 g/mol. The van der Waals surface area contributed by atoms with Crippen LogP contribution in [-0.2, 0) is 25.8 Å². The lowest BCUT2D eigenvalue weighted by Gasteiger charge is -2.36. The summed E-state index contributed by atoms with van der Waals surface area (Å²) in [6.07, 6.45) is -1.39. The van der Waals surface area contributed by atoms with Crippen LogP contribution >= 0.6 is 0 Å². The van der Waals surface area contributed by atoms with Gasteiger partial charge in [0.2, 0.25) is 12.7 Å². The zero-order valence-corrected chi connectivity index (χ0v) is 25.1. The first kappa shape index (κ1) is 32.8. The van der Waals surface area contributed by atoms with Gasteiger partial charge in [-0.1, -0.05) is 44.2 Å². The zero-order chi connectivity index (χ0) is 30.9. The van der Waals surface area contributed by atoms with Crippen molar-refractivity contribution in [2.75, 3.05) is 34.0 Å². The monoisotopic (exact) mass is 601 g/mol. The van der Waals surface area contributed by atoms with E-state index in [-0.39, 0.29) is 44.0 Å². The first-order valence-corrected chi connectivity index (χ1v) is 15.2. The number of hydrogen-bond acceptors (Lipinski definition) is 10. The van der Waals surface area contributed by atoms with Crippen molar-refractivity contribution in [1.82, 2.24) is 20.7 Å². The van der Waals surface area contributed by atoms with Crippen molar-refractivity contribution in [3.05, 3.63) is 54.1 Å². The molecule has 3 rings (SSSR count). The smallest absolute Gasteiger partial charge is 0.252 e. The van der Waals surface area contributed by atoms with E-state index in [4.69, 9.17) is 14.7 Å². The number of carbonyl (C=O) groups is 2. The molecule has 2 aromatic rings. The van der Waals surface area contributed by atoms with E-state index in [1.54, 1.807) is 38.9 Å². The van der Waals surface area contributed by atoms with Crippen molar-refractivity contribution in [3.63, 3.8) is 0 Å². The number of aliphatic hydroxyl groups is 1. The second-order valence-electron chi connectivity index (χ2n) is 10.7. The number of aliphatic hydroxyl groups excluding tert-OH is 1. The maximum absolute atomic E-state index is 13.7. The number of amides is 2. The minimum Gasteiger partial charge on any atom is -0.454 e. The van der Waals surface area contributed by atoms with Crippen LogP contribution in [0.5, 0.6) is 11.5 Å². The molecule has 12 nitrogen and oxygen atoms in total.